The van der Waals surface area contributed by atoms with Crippen LogP contribution in [0.5, 0.6) is 5.75 Å². The molecule has 0 radical (unpaired) electrons. The molecule has 2 amide bonds. The molecule has 10 N–H and O–H groups in total. The summed E-state index contributed by atoms with van der Waals surface area (Å²) in [6.45, 7) is -2.42. The van der Waals surface area contributed by atoms with Gasteiger partial charge in [0.1, 0.15) is 36.9 Å². The lowest BCUT2D eigenvalue weighted by atomic mass is 10.0. The molecule has 3 aromatic rings. The van der Waals surface area contributed by atoms with Crippen LogP contribution in [0.3, 0.4) is 0 Å². The summed E-state index contributed by atoms with van der Waals surface area (Å²) in [5, 5.41) is 37.3. The molecule has 3 unspecified atom stereocenters. The number of Topliss-reactive ketones (excluding diaryl/α,β-unsaturated/α-hetero) is 1. The lowest BCUT2D eigenvalue weighted by Crippen LogP contribution is -2.34. The Morgan fingerprint density at radius 3 is 2.30 bits per heavy atom. The molecule has 0 saturated carbocycles. The van der Waals surface area contributed by atoms with Gasteiger partial charge in [0, 0.05) is 41.6 Å². The van der Waals surface area contributed by atoms with Crippen molar-refractivity contribution in [3.8, 4) is 17.6 Å². The normalized spacial score (nSPS) is 17.5. The van der Waals surface area contributed by atoms with E-state index in [9.17, 15) is 72.4 Å². The molecular weight excluding hydrogens is 1020 g/mol. The number of aliphatic hydroxyl groups is 1. The number of azide groups is 1. The number of ketones is 1. The molecule has 31 nitrogen and oxygen atoms in total. The number of H-pyrrole nitrogens is 1. The van der Waals surface area contributed by atoms with Gasteiger partial charge >= 0.3 is 41.1 Å². The van der Waals surface area contributed by atoms with E-state index in [2.05, 4.69) is 45.6 Å². The highest BCUT2D eigenvalue weighted by atomic mass is 31.3. The highest BCUT2D eigenvalue weighted by Gasteiger charge is 2.43. The van der Waals surface area contributed by atoms with Crippen molar-refractivity contribution in [1.29, 1.82) is 0 Å². The van der Waals surface area contributed by atoms with Crippen LogP contribution >= 0.6 is 23.5 Å². The minimum Gasteiger partial charge on any atom is -0.491 e. The maximum atomic E-state index is 12.8. The number of aliphatic hydroxyl groups excluding tert-OH is 1. The average molecular weight is 1060 g/mol. The quantitative estimate of drug-likeness (QED) is 0.00947. The molecular formula is C37H42N7O24P3. The maximum absolute atomic E-state index is 12.8. The van der Waals surface area contributed by atoms with Crippen LogP contribution in [0.25, 0.3) is 10.4 Å². The van der Waals surface area contributed by atoms with E-state index in [0.29, 0.717) is 0 Å². The van der Waals surface area contributed by atoms with Crippen molar-refractivity contribution in [2.75, 3.05) is 46.1 Å². The number of rotatable bonds is 27. The van der Waals surface area contributed by atoms with E-state index in [1.165, 1.54) is 24.3 Å². The van der Waals surface area contributed by atoms with Crippen LogP contribution in [0.4, 0.5) is 0 Å². The third-order valence-electron chi connectivity index (χ3n) is 8.95. The second-order valence-electron chi connectivity index (χ2n) is 14.2. The Labute approximate surface area is 397 Å². The van der Waals surface area contributed by atoms with Gasteiger partial charge in [0.25, 0.3) is 11.5 Å². The zero-order chi connectivity index (χ0) is 52.5. The van der Waals surface area contributed by atoms with Crippen LogP contribution in [0.1, 0.15) is 72.5 Å². The van der Waals surface area contributed by atoms with Crippen LogP contribution in [0.15, 0.2) is 63.4 Å². The molecule has 0 spiro atoms. The standard InChI is InChI=1S/C37H42N7O24P3/c38-43-42-31(20-64-26-6-1-4-21(15-26)33(48)40-9-3-7-27(45)23-12-24(35(50)51)14-25(13-23)36(52)53)63-11-10-62-19-30(47)39-8-2-5-22-17-44(37(54)41-34(22)49)32-16-28(46)29(66-32)18-65-70(58,59)68-71(60,61)67-69(55,56)57/h1,4,6,12-15,17,28-29,31-32,46H,3,7-11,16,18-20H2,(H,39,47)(H,40,48)(H,50,51)(H,52,53)(H,58,59)(H,60,61)(H,41,49,54)(H2,55,56,57)/t28-,29+,31?,32+/m0/s1. The average Bonchev–Trinajstić information content (AvgIpc) is 3.66. The van der Waals surface area contributed by atoms with Gasteiger partial charge in [-0.05, 0) is 48.4 Å². The summed E-state index contributed by atoms with van der Waals surface area (Å²) < 4.78 is 68.6. The lowest BCUT2D eigenvalue weighted by Gasteiger charge is -2.19. The number of amides is 2. The molecule has 0 aliphatic carbocycles. The number of carbonyl (C=O) groups excluding carboxylic acids is 3. The SMILES string of the molecule is [N-]=[N+]=NC(COc1cccc(C(=O)NCCCC(=O)c2cc(C(=O)O)cc(C(=O)O)c2)c1)OCCOCC(=O)NCC#Cc1cn([C@H]2C[C@H](O)[C@@H](COP(=O)(O)OP(=O)(O)OP(=O)(O)O)O2)c(=O)[nH]c1=O. The number of hydrogen-bond donors (Lipinski definition) is 10. The Morgan fingerprint density at radius 2 is 1.63 bits per heavy atom. The molecule has 34 heteroatoms. The molecule has 6 atom stereocenters. The van der Waals surface area contributed by atoms with Gasteiger partial charge in [0.2, 0.25) is 5.91 Å². The van der Waals surface area contributed by atoms with Crippen molar-refractivity contribution >= 4 is 53.0 Å². The minimum absolute atomic E-state index is 0.0398. The van der Waals surface area contributed by atoms with Crippen molar-refractivity contribution in [3.05, 3.63) is 108 Å². The molecule has 4 rings (SSSR count). The van der Waals surface area contributed by atoms with Gasteiger partial charge in [0.15, 0.2) is 12.0 Å². The molecule has 1 aromatic heterocycles. The Balaban J connectivity index is 1.16. The summed E-state index contributed by atoms with van der Waals surface area (Å²) >= 11 is 0. The van der Waals surface area contributed by atoms with E-state index in [1.807, 2.05) is 4.98 Å². The number of phosphoric acid groups is 3. The zero-order valence-electron chi connectivity index (χ0n) is 36.2. The molecule has 2 heterocycles. The number of aromatic nitrogens is 2. The fourth-order valence-corrected chi connectivity index (χ4v) is 8.87. The first-order chi connectivity index (χ1) is 33.3. The summed E-state index contributed by atoms with van der Waals surface area (Å²) in [6.07, 6.45) is -4.87. The number of carbonyl (C=O) groups is 5. The topological polar surface area (TPSA) is 470 Å². The number of hydrogen-bond acceptors (Lipinski definition) is 19. The molecule has 2 aromatic carbocycles. The van der Waals surface area contributed by atoms with E-state index in [-0.39, 0.29) is 85.7 Å². The van der Waals surface area contributed by atoms with Gasteiger partial charge in [-0.3, -0.25) is 33.3 Å². The third kappa shape index (κ3) is 19.4. The van der Waals surface area contributed by atoms with E-state index >= 15 is 0 Å². The van der Waals surface area contributed by atoms with Crippen LogP contribution in [0, 0.1) is 11.8 Å². The number of carboxylic acid groups (broad SMARTS) is 2. The Hall–Kier alpha value is -6.41. The number of phosphoric ester groups is 1. The smallest absolute Gasteiger partial charge is 0.490 e. The van der Waals surface area contributed by atoms with Crippen molar-refractivity contribution in [2.24, 2.45) is 5.11 Å². The first-order valence-corrected chi connectivity index (χ1v) is 24.5. The molecule has 1 fully saturated rings. The van der Waals surface area contributed by atoms with Gasteiger partial charge < -0.3 is 64.5 Å². The van der Waals surface area contributed by atoms with Gasteiger partial charge in [0.05, 0.1) is 43.6 Å². The Kier molecular flexibility index (Phi) is 21.1. The number of ether oxygens (including phenoxy) is 4. The zero-order valence-corrected chi connectivity index (χ0v) is 38.9. The third-order valence-corrected chi connectivity index (χ3v) is 12.8. The van der Waals surface area contributed by atoms with Crippen molar-refractivity contribution in [2.45, 2.75) is 43.9 Å². The van der Waals surface area contributed by atoms with Crippen LogP contribution in [0.2, 0.25) is 0 Å². The fourth-order valence-electron chi connectivity index (χ4n) is 5.84. The summed E-state index contributed by atoms with van der Waals surface area (Å²) in [6, 6.07) is 8.97. The maximum Gasteiger partial charge on any atom is 0.490 e. The number of benzene rings is 2. The molecule has 0 bridgehead atoms. The number of nitrogens with one attached hydrogen (secondary N) is 3. The summed E-state index contributed by atoms with van der Waals surface area (Å²) in [5.41, 5.74) is 6.06. The number of carboxylic acids is 2. The molecule has 1 saturated heterocycles. The Morgan fingerprint density at radius 1 is 0.944 bits per heavy atom. The van der Waals surface area contributed by atoms with Crippen molar-refractivity contribution < 1.29 is 105 Å². The second-order valence-corrected chi connectivity index (χ2v) is 18.6. The second kappa shape index (κ2) is 26.2. The van der Waals surface area contributed by atoms with Gasteiger partial charge in [-0.25, -0.2) is 28.1 Å². The Bertz CT molecular complexity index is 2820. The van der Waals surface area contributed by atoms with E-state index in [1.54, 1.807) is 0 Å². The van der Waals surface area contributed by atoms with Gasteiger partial charge in [-0.1, -0.05) is 23.0 Å². The monoisotopic (exact) mass is 1060 g/mol. The number of aromatic amines is 1. The summed E-state index contributed by atoms with van der Waals surface area (Å²) in [7, 11) is -17.0. The predicted octanol–water partition coefficient (Wildman–Crippen LogP) is 0.534. The summed E-state index contributed by atoms with van der Waals surface area (Å²) in [4.78, 5) is 126. The number of nitrogens with zero attached hydrogens (tertiary/aromatic N) is 4. The summed E-state index contributed by atoms with van der Waals surface area (Å²) in [5.74, 6) is 0.618. The van der Waals surface area contributed by atoms with E-state index < -0.39 is 102 Å². The first kappa shape index (κ1) is 57.2. The molecule has 1 aliphatic rings. The van der Waals surface area contributed by atoms with Crippen LogP contribution in [-0.2, 0) is 45.8 Å². The van der Waals surface area contributed by atoms with Crippen molar-refractivity contribution in [1.82, 2.24) is 20.2 Å². The first-order valence-electron chi connectivity index (χ1n) is 20.0. The highest BCUT2D eigenvalue weighted by Crippen LogP contribution is 2.66. The molecule has 384 valence electrons. The highest BCUT2D eigenvalue weighted by molar-refractivity contribution is 7.66. The predicted molar refractivity (Wildman–Crippen MR) is 233 cm³/mol. The van der Waals surface area contributed by atoms with Gasteiger partial charge in [-0.15, -0.1) is 0 Å². The van der Waals surface area contributed by atoms with Crippen molar-refractivity contribution in [3.63, 3.8) is 0 Å². The van der Waals surface area contributed by atoms with Gasteiger partial charge in [-0.2, -0.15) is 8.62 Å². The minimum atomic E-state index is -5.82. The fraction of sp³-hybridized carbons (Fsp3) is 0.378. The molecule has 71 heavy (non-hydrogen) atoms. The molecule has 1 aliphatic heterocycles. The lowest BCUT2D eigenvalue weighted by molar-refractivity contribution is -0.126. The number of aromatic carboxylic acids is 2. The van der Waals surface area contributed by atoms with Crippen LogP contribution in [-0.4, -0.2) is 139 Å². The van der Waals surface area contributed by atoms with E-state index in [0.717, 1.165) is 29.0 Å². The van der Waals surface area contributed by atoms with E-state index in [4.69, 9.17) is 34.3 Å². The van der Waals surface area contributed by atoms with Crippen LogP contribution < -0.4 is 26.6 Å². The largest absolute Gasteiger partial charge is 0.491 e.